The van der Waals surface area contributed by atoms with E-state index in [-0.39, 0.29) is 17.9 Å². The molecule has 38 heavy (non-hydrogen) atoms. The zero-order valence-corrected chi connectivity index (χ0v) is 22.5. The van der Waals surface area contributed by atoms with Gasteiger partial charge in [0.25, 0.3) is 5.91 Å². The molecule has 0 fully saturated rings. The second kappa shape index (κ2) is 10.5. The summed E-state index contributed by atoms with van der Waals surface area (Å²) in [6.45, 7) is 5.89. The van der Waals surface area contributed by atoms with Crippen molar-refractivity contribution in [2.75, 3.05) is 18.0 Å². The highest BCUT2D eigenvalue weighted by Crippen LogP contribution is 2.41. The molecule has 3 aromatic carbocycles. The Morgan fingerprint density at radius 3 is 2.37 bits per heavy atom. The predicted octanol–water partition coefficient (Wildman–Crippen LogP) is 6.96. The van der Waals surface area contributed by atoms with Crippen molar-refractivity contribution in [1.82, 2.24) is 4.90 Å². The number of carbonyl (C=O) groups is 2. The normalized spacial score (nSPS) is 15.5. The second-order valence-corrected chi connectivity index (χ2v) is 10.0. The van der Waals surface area contributed by atoms with Crippen molar-refractivity contribution >= 4 is 44.3 Å². The highest BCUT2D eigenvalue weighted by Gasteiger charge is 2.44. The van der Waals surface area contributed by atoms with Crippen LogP contribution in [0.1, 0.15) is 41.6 Å². The number of carbonyl (C=O) groups excluding carboxylic acids is 2. The molecule has 1 aliphatic heterocycles. The van der Waals surface area contributed by atoms with Gasteiger partial charge in [-0.05, 0) is 73.5 Å². The third-order valence-electron chi connectivity index (χ3n) is 6.85. The molecule has 1 aliphatic rings. The van der Waals surface area contributed by atoms with Crippen LogP contribution in [0.2, 0.25) is 0 Å². The Balaban J connectivity index is 1.58. The summed E-state index contributed by atoms with van der Waals surface area (Å²) in [4.78, 5) is 30.7. The summed E-state index contributed by atoms with van der Waals surface area (Å²) in [5, 5.41) is 11.7. The van der Waals surface area contributed by atoms with Crippen LogP contribution in [0.3, 0.4) is 0 Å². The summed E-state index contributed by atoms with van der Waals surface area (Å²) >= 11 is 3.42. The lowest BCUT2D eigenvalue weighted by molar-refractivity contribution is -0.130. The van der Waals surface area contributed by atoms with Gasteiger partial charge in [-0.3, -0.25) is 9.59 Å². The van der Waals surface area contributed by atoms with Gasteiger partial charge in [-0.1, -0.05) is 40.2 Å². The minimum absolute atomic E-state index is 0.0286. The van der Waals surface area contributed by atoms with Crippen molar-refractivity contribution < 1.29 is 23.5 Å². The average Bonchev–Trinajstić information content (AvgIpc) is 3.45. The number of hydrogen-bond donors (Lipinski definition) is 1. The zero-order valence-electron chi connectivity index (χ0n) is 20.9. The van der Waals surface area contributed by atoms with E-state index in [4.69, 9.17) is 4.42 Å². The molecule has 1 N–H and O–H groups in total. The quantitative estimate of drug-likeness (QED) is 0.229. The molecular formula is C30H26BrFN2O4. The molecule has 4 aromatic rings. The molecule has 1 unspecified atom stereocenters. The molecule has 0 spiro atoms. The molecule has 194 valence electrons. The fourth-order valence-electron chi connectivity index (χ4n) is 4.90. The molecule has 0 saturated heterocycles. The van der Waals surface area contributed by atoms with Gasteiger partial charge in [0, 0.05) is 35.2 Å². The highest BCUT2D eigenvalue weighted by atomic mass is 79.9. The number of hydrogen-bond acceptors (Lipinski definition) is 5. The topological polar surface area (TPSA) is 74.0 Å². The first kappa shape index (κ1) is 25.7. The predicted molar refractivity (Wildman–Crippen MR) is 148 cm³/mol. The molecule has 6 nitrogen and oxygen atoms in total. The summed E-state index contributed by atoms with van der Waals surface area (Å²) in [6.07, 6.45) is 0. The third kappa shape index (κ3) is 4.72. The minimum atomic E-state index is -0.856. The largest absolute Gasteiger partial charge is 0.503 e. The number of fused-ring (bicyclic) bond motifs is 1. The summed E-state index contributed by atoms with van der Waals surface area (Å²) in [6, 6.07) is 19.5. The second-order valence-electron chi connectivity index (χ2n) is 9.11. The van der Waals surface area contributed by atoms with Crippen LogP contribution in [-0.4, -0.2) is 34.8 Å². The first-order chi connectivity index (χ1) is 18.3. The number of aliphatic hydroxyl groups excluding tert-OH is 1. The number of Topliss-reactive ketones (excluding diaryl/α,β-unsaturated/α-hetero) is 1. The highest BCUT2D eigenvalue weighted by molar-refractivity contribution is 9.10. The van der Waals surface area contributed by atoms with Crippen molar-refractivity contribution in [2.24, 2.45) is 0 Å². The molecule has 8 heteroatoms. The molecule has 1 atom stereocenters. The van der Waals surface area contributed by atoms with Crippen molar-refractivity contribution in [3.8, 4) is 0 Å². The van der Waals surface area contributed by atoms with Crippen LogP contribution >= 0.6 is 15.9 Å². The Morgan fingerprint density at radius 1 is 1.03 bits per heavy atom. The van der Waals surface area contributed by atoms with Gasteiger partial charge in [0.15, 0.2) is 11.5 Å². The van der Waals surface area contributed by atoms with E-state index in [1.807, 2.05) is 30.3 Å². The van der Waals surface area contributed by atoms with Crippen molar-refractivity contribution in [1.29, 1.82) is 0 Å². The molecular weight excluding hydrogens is 551 g/mol. The summed E-state index contributed by atoms with van der Waals surface area (Å²) in [5.74, 6) is -2.22. The number of anilines is 1. The first-order valence-corrected chi connectivity index (χ1v) is 13.2. The van der Waals surface area contributed by atoms with E-state index in [9.17, 15) is 19.1 Å². The molecule has 1 amide bonds. The number of ketones is 1. The van der Waals surface area contributed by atoms with E-state index in [0.717, 1.165) is 28.6 Å². The minimum Gasteiger partial charge on any atom is -0.503 e. The number of nitrogens with zero attached hydrogens (tertiary/aromatic N) is 2. The average molecular weight is 577 g/mol. The fraction of sp³-hybridized carbons (Fsp3) is 0.200. The SMILES string of the molecule is CCN(CC)c1ccc(C2C(C(=O)c3cc4cc(Br)ccc4o3)=C(O)C(=O)N2Cc2ccc(F)cc2)cc1. The van der Waals surface area contributed by atoms with Gasteiger partial charge in [-0.25, -0.2) is 4.39 Å². The Hall–Kier alpha value is -3.91. The van der Waals surface area contributed by atoms with Crippen LogP contribution < -0.4 is 4.90 Å². The smallest absolute Gasteiger partial charge is 0.290 e. The Bertz CT molecular complexity index is 1540. The van der Waals surface area contributed by atoms with Crippen LogP contribution in [0.25, 0.3) is 11.0 Å². The lowest BCUT2D eigenvalue weighted by atomic mass is 9.94. The van der Waals surface area contributed by atoms with Gasteiger partial charge in [-0.15, -0.1) is 0 Å². The number of furan rings is 1. The molecule has 0 bridgehead atoms. The molecule has 0 saturated carbocycles. The monoisotopic (exact) mass is 576 g/mol. The maximum atomic E-state index is 13.8. The summed E-state index contributed by atoms with van der Waals surface area (Å²) in [7, 11) is 0. The maximum Gasteiger partial charge on any atom is 0.290 e. The van der Waals surface area contributed by atoms with Crippen molar-refractivity contribution in [3.05, 3.63) is 111 Å². The molecule has 5 rings (SSSR count). The van der Waals surface area contributed by atoms with Crippen LogP contribution in [-0.2, 0) is 11.3 Å². The van der Waals surface area contributed by atoms with Crippen LogP contribution in [0.15, 0.2) is 93.0 Å². The van der Waals surface area contributed by atoms with E-state index in [2.05, 4.69) is 34.7 Å². The van der Waals surface area contributed by atoms with E-state index < -0.39 is 29.3 Å². The first-order valence-electron chi connectivity index (χ1n) is 12.4. The number of aliphatic hydroxyl groups is 1. The standard InChI is InChI=1S/C30H26BrFN2O4/c1-3-33(4-2)23-12-7-19(8-13-23)27-26(28(35)25-16-20-15-21(31)9-14-24(20)38-25)29(36)30(37)34(27)17-18-5-10-22(32)11-6-18/h5-16,27,36H,3-4,17H2,1-2H3. The van der Waals surface area contributed by atoms with Crippen LogP contribution in [0, 0.1) is 5.82 Å². The Kier molecular flexibility index (Phi) is 7.08. The van der Waals surface area contributed by atoms with E-state index in [1.54, 1.807) is 30.3 Å². The number of rotatable bonds is 8. The van der Waals surface area contributed by atoms with Gasteiger partial charge in [-0.2, -0.15) is 0 Å². The Labute approximate surface area is 228 Å². The van der Waals surface area contributed by atoms with Gasteiger partial charge in [0.2, 0.25) is 5.78 Å². The van der Waals surface area contributed by atoms with Gasteiger partial charge in [0.1, 0.15) is 11.4 Å². The molecule has 2 heterocycles. The number of benzene rings is 3. The summed E-state index contributed by atoms with van der Waals surface area (Å²) < 4.78 is 20.2. The van der Waals surface area contributed by atoms with Gasteiger partial charge >= 0.3 is 0 Å². The third-order valence-corrected chi connectivity index (χ3v) is 7.35. The molecule has 1 aromatic heterocycles. The van der Waals surface area contributed by atoms with Crippen LogP contribution in [0.5, 0.6) is 0 Å². The van der Waals surface area contributed by atoms with Crippen molar-refractivity contribution in [3.63, 3.8) is 0 Å². The molecule has 0 radical (unpaired) electrons. The van der Waals surface area contributed by atoms with Gasteiger partial charge < -0.3 is 19.3 Å². The fourth-order valence-corrected chi connectivity index (χ4v) is 5.28. The van der Waals surface area contributed by atoms with E-state index >= 15 is 0 Å². The summed E-state index contributed by atoms with van der Waals surface area (Å²) in [5.41, 5.74) is 2.81. The van der Waals surface area contributed by atoms with Crippen molar-refractivity contribution in [2.45, 2.75) is 26.4 Å². The Morgan fingerprint density at radius 2 is 1.71 bits per heavy atom. The number of amides is 1. The number of halogens is 2. The lowest BCUT2D eigenvalue weighted by Gasteiger charge is -2.28. The molecule has 0 aliphatic carbocycles. The van der Waals surface area contributed by atoms with Gasteiger partial charge in [0.05, 0.1) is 11.6 Å². The lowest BCUT2D eigenvalue weighted by Crippen LogP contribution is -2.30. The zero-order chi connectivity index (χ0) is 27.0. The maximum absolute atomic E-state index is 13.8. The van der Waals surface area contributed by atoms with E-state index in [1.165, 1.54) is 17.0 Å². The van der Waals surface area contributed by atoms with E-state index in [0.29, 0.717) is 16.7 Å². The van der Waals surface area contributed by atoms with Crippen LogP contribution in [0.4, 0.5) is 10.1 Å².